The van der Waals surface area contributed by atoms with Crippen LogP contribution in [-0.2, 0) is 21.0 Å². The van der Waals surface area contributed by atoms with E-state index < -0.39 is 32.5 Å². The fourth-order valence-corrected chi connectivity index (χ4v) is 5.18. The van der Waals surface area contributed by atoms with Gasteiger partial charge >= 0.3 is 0 Å². The summed E-state index contributed by atoms with van der Waals surface area (Å²) in [5, 5.41) is 22.1. The van der Waals surface area contributed by atoms with E-state index in [2.05, 4.69) is 0 Å². The Morgan fingerprint density at radius 3 is 1.38 bits per heavy atom. The molecule has 1 saturated heterocycles. The van der Waals surface area contributed by atoms with Crippen molar-refractivity contribution in [2.45, 2.75) is 11.2 Å². The number of rotatable bonds is 2. The van der Waals surface area contributed by atoms with Crippen LogP contribution in [0.15, 0.2) is 60.7 Å². The molecule has 0 radical (unpaired) electrons. The normalized spacial score (nSPS) is 31.1. The molecule has 2 aromatic carbocycles. The summed E-state index contributed by atoms with van der Waals surface area (Å²) >= 11 is 0. The zero-order valence-corrected chi connectivity index (χ0v) is 12.1. The van der Waals surface area contributed by atoms with E-state index in [1.54, 1.807) is 60.7 Å². The molecule has 3 rings (SSSR count). The molecule has 4 nitrogen and oxygen atoms in total. The van der Waals surface area contributed by atoms with Gasteiger partial charge in [-0.1, -0.05) is 60.7 Å². The largest absolute Gasteiger partial charge is 0.381 e. The summed E-state index contributed by atoms with van der Waals surface area (Å²) in [5.74, 6) is -0.981. The van der Waals surface area contributed by atoms with Gasteiger partial charge in [0.25, 0.3) is 0 Å². The van der Waals surface area contributed by atoms with E-state index in [0.29, 0.717) is 11.1 Å². The van der Waals surface area contributed by atoms with Crippen molar-refractivity contribution in [1.82, 2.24) is 0 Å². The molecule has 0 spiro atoms. The van der Waals surface area contributed by atoms with Crippen molar-refractivity contribution in [3.8, 4) is 0 Å². The fraction of sp³-hybridized carbons (Fsp3) is 0.250. The summed E-state index contributed by atoms with van der Waals surface area (Å²) in [4.78, 5) is 0. The van der Waals surface area contributed by atoms with E-state index in [1.165, 1.54) is 0 Å². The van der Waals surface area contributed by atoms with Gasteiger partial charge < -0.3 is 10.2 Å². The molecule has 0 bridgehead atoms. The van der Waals surface area contributed by atoms with Crippen molar-refractivity contribution in [3.63, 3.8) is 0 Å². The first-order valence-corrected chi connectivity index (χ1v) is 8.46. The van der Waals surface area contributed by atoms with E-state index in [1.807, 2.05) is 0 Å². The van der Waals surface area contributed by atoms with Gasteiger partial charge in [-0.05, 0) is 11.1 Å². The summed E-state index contributed by atoms with van der Waals surface area (Å²) in [7, 11) is -3.56. The molecule has 2 aromatic rings. The second-order valence-corrected chi connectivity index (χ2v) is 7.55. The zero-order valence-electron chi connectivity index (χ0n) is 11.3. The molecular weight excluding hydrogens is 288 g/mol. The van der Waals surface area contributed by atoms with E-state index in [0.717, 1.165) is 0 Å². The first kappa shape index (κ1) is 14.3. The summed E-state index contributed by atoms with van der Waals surface area (Å²) in [6, 6.07) is 16.9. The van der Waals surface area contributed by atoms with Crippen molar-refractivity contribution in [3.05, 3.63) is 71.8 Å². The van der Waals surface area contributed by atoms with Gasteiger partial charge in [0.15, 0.2) is 9.84 Å². The van der Waals surface area contributed by atoms with Gasteiger partial charge in [-0.3, -0.25) is 0 Å². The minimum Gasteiger partial charge on any atom is -0.381 e. The number of sulfone groups is 1. The Morgan fingerprint density at radius 2 is 1.05 bits per heavy atom. The van der Waals surface area contributed by atoms with Crippen LogP contribution in [0.5, 0.6) is 0 Å². The van der Waals surface area contributed by atoms with Crippen molar-refractivity contribution < 1.29 is 18.6 Å². The fourth-order valence-electron chi connectivity index (χ4n) is 3.00. The molecule has 0 aromatic heterocycles. The Morgan fingerprint density at radius 1 is 0.714 bits per heavy atom. The van der Waals surface area contributed by atoms with Crippen LogP contribution >= 0.6 is 0 Å². The lowest BCUT2D eigenvalue weighted by atomic mass is 9.76. The third-order valence-electron chi connectivity index (χ3n) is 4.04. The lowest BCUT2D eigenvalue weighted by molar-refractivity contribution is -0.129. The van der Waals surface area contributed by atoms with Gasteiger partial charge in [0, 0.05) is 0 Å². The van der Waals surface area contributed by atoms with Crippen molar-refractivity contribution in [2.24, 2.45) is 0 Å². The van der Waals surface area contributed by atoms with Gasteiger partial charge in [0.05, 0.1) is 11.5 Å². The van der Waals surface area contributed by atoms with Crippen LogP contribution in [0.3, 0.4) is 0 Å². The van der Waals surface area contributed by atoms with Crippen molar-refractivity contribution >= 4 is 9.84 Å². The van der Waals surface area contributed by atoms with E-state index >= 15 is 0 Å². The van der Waals surface area contributed by atoms with E-state index in [4.69, 9.17) is 0 Å². The predicted molar refractivity (Wildman–Crippen MR) is 79.3 cm³/mol. The Balaban J connectivity index is 2.22. The van der Waals surface area contributed by atoms with Crippen LogP contribution in [0, 0.1) is 0 Å². The van der Waals surface area contributed by atoms with Crippen LogP contribution < -0.4 is 0 Å². The van der Waals surface area contributed by atoms with Crippen LogP contribution in [0.4, 0.5) is 0 Å². The maximum Gasteiger partial charge on any atom is 0.156 e. The predicted octanol–water partition coefficient (Wildman–Crippen LogP) is 1.19. The maximum atomic E-state index is 12.1. The molecule has 0 saturated carbocycles. The average Bonchev–Trinajstić information content (AvgIpc) is 2.68. The molecule has 1 fully saturated rings. The lowest BCUT2D eigenvalue weighted by Crippen LogP contribution is -2.48. The summed E-state index contributed by atoms with van der Waals surface area (Å²) in [6.07, 6.45) is 0. The maximum absolute atomic E-state index is 12.1. The molecule has 5 heteroatoms. The number of hydrogen-bond donors (Lipinski definition) is 2. The molecule has 1 aliphatic rings. The molecule has 2 atom stereocenters. The summed E-state index contributed by atoms with van der Waals surface area (Å²) < 4.78 is 24.2. The topological polar surface area (TPSA) is 74.6 Å². The summed E-state index contributed by atoms with van der Waals surface area (Å²) in [6.45, 7) is 0. The van der Waals surface area contributed by atoms with Gasteiger partial charge in [-0.15, -0.1) is 0 Å². The Kier molecular flexibility index (Phi) is 3.16. The Labute approximate surface area is 123 Å². The van der Waals surface area contributed by atoms with E-state index in [-0.39, 0.29) is 0 Å². The van der Waals surface area contributed by atoms with Gasteiger partial charge in [0.1, 0.15) is 11.2 Å². The second-order valence-electron chi connectivity index (χ2n) is 5.48. The number of hydrogen-bond acceptors (Lipinski definition) is 4. The monoisotopic (exact) mass is 304 g/mol. The summed E-state index contributed by atoms with van der Waals surface area (Å²) in [5.41, 5.74) is -2.90. The minimum atomic E-state index is -3.56. The minimum absolute atomic E-state index is 0.400. The molecule has 2 unspecified atom stereocenters. The van der Waals surface area contributed by atoms with Gasteiger partial charge in [0.2, 0.25) is 0 Å². The quantitative estimate of drug-likeness (QED) is 0.874. The Hall–Kier alpha value is -1.69. The third-order valence-corrected chi connectivity index (χ3v) is 5.76. The Bertz CT molecular complexity index is 683. The lowest BCUT2D eigenvalue weighted by Gasteiger charge is -2.37. The molecule has 0 aliphatic carbocycles. The molecular formula is C16H16O4S. The van der Waals surface area contributed by atoms with Gasteiger partial charge in [-0.2, -0.15) is 0 Å². The third kappa shape index (κ3) is 2.18. The molecule has 21 heavy (non-hydrogen) atoms. The van der Waals surface area contributed by atoms with Crippen LogP contribution in [0.2, 0.25) is 0 Å². The first-order chi connectivity index (χ1) is 9.87. The second kappa shape index (κ2) is 4.66. The number of aliphatic hydroxyl groups is 2. The highest BCUT2D eigenvalue weighted by Gasteiger charge is 2.61. The highest BCUT2D eigenvalue weighted by atomic mass is 32.2. The molecule has 110 valence electrons. The van der Waals surface area contributed by atoms with Crippen LogP contribution in [0.1, 0.15) is 11.1 Å². The van der Waals surface area contributed by atoms with Crippen LogP contribution in [0.25, 0.3) is 0 Å². The number of benzene rings is 2. The SMILES string of the molecule is O=S1(=O)CC(O)(c2ccccc2)C(O)(c2ccccc2)C1. The molecule has 2 N–H and O–H groups in total. The zero-order chi connectivity index (χ0) is 15.1. The highest BCUT2D eigenvalue weighted by Crippen LogP contribution is 2.47. The smallest absolute Gasteiger partial charge is 0.156 e. The molecule has 0 amide bonds. The van der Waals surface area contributed by atoms with Crippen molar-refractivity contribution in [1.29, 1.82) is 0 Å². The van der Waals surface area contributed by atoms with Crippen molar-refractivity contribution in [2.75, 3.05) is 11.5 Å². The average molecular weight is 304 g/mol. The molecule has 1 aliphatic heterocycles. The van der Waals surface area contributed by atoms with Gasteiger partial charge in [-0.25, -0.2) is 8.42 Å². The first-order valence-electron chi connectivity index (χ1n) is 6.64. The molecule has 1 heterocycles. The highest BCUT2D eigenvalue weighted by molar-refractivity contribution is 7.91. The van der Waals surface area contributed by atoms with Crippen LogP contribution in [-0.4, -0.2) is 30.1 Å². The van der Waals surface area contributed by atoms with E-state index in [9.17, 15) is 18.6 Å². The standard InChI is InChI=1S/C16H16O4S/c17-15(13-7-3-1-4-8-13)11-21(19,20)12-16(15,18)14-9-5-2-6-10-14/h1-10,17-18H,11-12H2.